The van der Waals surface area contributed by atoms with Crippen LogP contribution >= 0.6 is 0 Å². The van der Waals surface area contributed by atoms with Crippen LogP contribution in [0.3, 0.4) is 0 Å². The maximum atomic E-state index is 13.4. The fourth-order valence-electron chi connectivity index (χ4n) is 1.48. The molecule has 2 aromatic rings. The van der Waals surface area contributed by atoms with Gasteiger partial charge in [-0.05, 0) is 6.92 Å². The molecule has 0 spiro atoms. The lowest BCUT2D eigenvalue weighted by Gasteiger charge is -2.09. The fourth-order valence-corrected chi connectivity index (χ4v) is 1.48. The third-order valence-corrected chi connectivity index (χ3v) is 2.25. The topological polar surface area (TPSA) is 49.8 Å². The summed E-state index contributed by atoms with van der Waals surface area (Å²) in [5.74, 6) is -2.42. The van der Waals surface area contributed by atoms with E-state index < -0.39 is 23.1 Å². The molecule has 4 nitrogen and oxygen atoms in total. The Bertz CT molecular complexity index is 566. The van der Waals surface area contributed by atoms with E-state index in [4.69, 9.17) is 0 Å². The van der Waals surface area contributed by atoms with E-state index in [1.54, 1.807) is 0 Å². The lowest BCUT2D eigenvalue weighted by molar-refractivity contribution is 0.548. The van der Waals surface area contributed by atoms with Crippen molar-refractivity contribution in [2.45, 2.75) is 6.92 Å². The van der Waals surface area contributed by atoms with Crippen LogP contribution in [0.5, 0.6) is 0 Å². The quantitative estimate of drug-likeness (QED) is 0.894. The Balaban J connectivity index is 2.28. The molecule has 19 heavy (non-hydrogen) atoms. The fraction of sp³-hybridized carbons (Fsp3) is 0.167. The van der Waals surface area contributed by atoms with Crippen molar-refractivity contribution in [3.8, 4) is 0 Å². The van der Waals surface area contributed by atoms with Crippen molar-refractivity contribution in [2.24, 2.45) is 0 Å². The second-order valence-electron chi connectivity index (χ2n) is 3.69. The smallest absolute Gasteiger partial charge is 0.152 e. The summed E-state index contributed by atoms with van der Waals surface area (Å²) < 4.78 is 39.6. The number of halogens is 3. The van der Waals surface area contributed by atoms with E-state index in [0.717, 1.165) is 0 Å². The Morgan fingerprint density at radius 2 is 1.68 bits per heavy atom. The lowest BCUT2D eigenvalue weighted by atomic mass is 10.3. The average Bonchev–Trinajstić information content (AvgIpc) is 2.35. The number of hydrogen-bond acceptors (Lipinski definition) is 4. The van der Waals surface area contributed by atoms with Gasteiger partial charge in [-0.15, -0.1) is 0 Å². The predicted molar refractivity (Wildman–Crippen MR) is 65.8 cm³/mol. The summed E-state index contributed by atoms with van der Waals surface area (Å²) in [4.78, 5) is 7.92. The molecular formula is C12H11F3N4. The first-order chi connectivity index (χ1) is 9.10. The summed E-state index contributed by atoms with van der Waals surface area (Å²) >= 11 is 0. The Hall–Kier alpha value is -2.31. The summed E-state index contributed by atoms with van der Waals surface area (Å²) in [7, 11) is 0. The highest BCUT2D eigenvalue weighted by molar-refractivity contribution is 5.58. The summed E-state index contributed by atoms with van der Waals surface area (Å²) in [6.07, 6.45) is 2.79. The van der Waals surface area contributed by atoms with E-state index in [2.05, 4.69) is 20.6 Å². The van der Waals surface area contributed by atoms with Gasteiger partial charge in [0.1, 0.15) is 17.3 Å². The van der Waals surface area contributed by atoms with Crippen molar-refractivity contribution in [3.63, 3.8) is 0 Å². The van der Waals surface area contributed by atoms with Crippen LogP contribution in [0.15, 0.2) is 24.5 Å². The minimum absolute atomic E-state index is 0.155. The molecule has 0 aliphatic heterocycles. The maximum Gasteiger partial charge on any atom is 0.152 e. The molecule has 0 saturated carbocycles. The van der Waals surface area contributed by atoms with Gasteiger partial charge in [0.25, 0.3) is 0 Å². The number of aromatic nitrogens is 2. The third-order valence-electron chi connectivity index (χ3n) is 2.25. The highest BCUT2D eigenvalue weighted by Gasteiger charge is 2.12. The van der Waals surface area contributed by atoms with E-state index in [1.807, 2.05) is 6.92 Å². The lowest BCUT2D eigenvalue weighted by Crippen LogP contribution is -2.04. The minimum atomic E-state index is -1.03. The number of rotatable bonds is 4. The predicted octanol–water partition coefficient (Wildman–Crippen LogP) is 3.07. The second-order valence-corrected chi connectivity index (χ2v) is 3.69. The van der Waals surface area contributed by atoms with Crippen molar-refractivity contribution in [1.29, 1.82) is 0 Å². The highest BCUT2D eigenvalue weighted by Crippen LogP contribution is 2.23. The molecule has 0 atom stereocenters. The molecule has 0 amide bonds. The van der Waals surface area contributed by atoms with Crippen LogP contribution in [0, 0.1) is 17.5 Å². The number of nitrogens with zero attached hydrogens (tertiary/aromatic N) is 2. The Morgan fingerprint density at radius 3 is 2.32 bits per heavy atom. The van der Waals surface area contributed by atoms with Gasteiger partial charge in [0.05, 0.1) is 12.4 Å². The second kappa shape index (κ2) is 5.55. The van der Waals surface area contributed by atoms with Crippen LogP contribution in [-0.4, -0.2) is 16.5 Å². The third kappa shape index (κ3) is 3.12. The largest absolute Gasteiger partial charge is 0.369 e. The zero-order valence-corrected chi connectivity index (χ0v) is 10.0. The average molecular weight is 268 g/mol. The van der Waals surface area contributed by atoms with Gasteiger partial charge in [-0.3, -0.25) is 4.98 Å². The van der Waals surface area contributed by atoms with Crippen LogP contribution in [0.4, 0.5) is 30.5 Å². The van der Waals surface area contributed by atoms with E-state index in [-0.39, 0.29) is 5.82 Å². The number of benzene rings is 1. The summed E-state index contributed by atoms with van der Waals surface area (Å²) in [5.41, 5.74) is -0.468. The zero-order chi connectivity index (χ0) is 13.8. The van der Waals surface area contributed by atoms with Crippen molar-refractivity contribution in [3.05, 3.63) is 42.0 Å². The molecule has 0 aliphatic rings. The monoisotopic (exact) mass is 268 g/mol. The van der Waals surface area contributed by atoms with Crippen LogP contribution in [0.2, 0.25) is 0 Å². The van der Waals surface area contributed by atoms with Gasteiger partial charge < -0.3 is 10.6 Å². The first-order valence-corrected chi connectivity index (χ1v) is 5.57. The molecule has 0 bridgehead atoms. The van der Waals surface area contributed by atoms with Crippen LogP contribution in [0.25, 0.3) is 0 Å². The van der Waals surface area contributed by atoms with Crippen molar-refractivity contribution < 1.29 is 13.2 Å². The highest BCUT2D eigenvalue weighted by atomic mass is 19.1. The summed E-state index contributed by atoms with van der Waals surface area (Å²) in [5, 5.41) is 5.35. The van der Waals surface area contributed by atoms with Crippen molar-refractivity contribution in [1.82, 2.24) is 9.97 Å². The number of anilines is 3. The molecule has 2 rings (SSSR count). The zero-order valence-electron chi connectivity index (χ0n) is 10.0. The van der Waals surface area contributed by atoms with E-state index >= 15 is 0 Å². The Kier molecular flexibility index (Phi) is 3.84. The van der Waals surface area contributed by atoms with E-state index in [1.165, 1.54) is 12.4 Å². The van der Waals surface area contributed by atoms with Gasteiger partial charge in [-0.2, -0.15) is 0 Å². The SMILES string of the molecule is CCNc1cncc(Nc2c(F)cc(F)cc2F)n1. The molecule has 0 radical (unpaired) electrons. The van der Waals surface area contributed by atoms with E-state index in [0.29, 0.717) is 24.5 Å². The molecule has 0 aliphatic carbocycles. The number of hydrogen-bond donors (Lipinski definition) is 2. The summed E-state index contributed by atoms with van der Waals surface area (Å²) in [6.45, 7) is 2.51. The molecule has 7 heteroatoms. The number of nitrogens with one attached hydrogen (secondary N) is 2. The van der Waals surface area contributed by atoms with Gasteiger partial charge in [0.15, 0.2) is 17.5 Å². The van der Waals surface area contributed by atoms with Gasteiger partial charge in [-0.25, -0.2) is 18.2 Å². The molecule has 1 aromatic carbocycles. The molecular weight excluding hydrogens is 257 g/mol. The van der Waals surface area contributed by atoms with Crippen molar-refractivity contribution >= 4 is 17.3 Å². The van der Waals surface area contributed by atoms with Gasteiger partial charge in [0.2, 0.25) is 0 Å². The summed E-state index contributed by atoms with van der Waals surface area (Å²) in [6, 6.07) is 1.18. The first kappa shape index (κ1) is 13.1. The van der Waals surface area contributed by atoms with Crippen molar-refractivity contribution in [2.75, 3.05) is 17.2 Å². The Morgan fingerprint density at radius 1 is 1.05 bits per heavy atom. The molecule has 1 heterocycles. The van der Waals surface area contributed by atoms with Gasteiger partial charge in [-0.1, -0.05) is 0 Å². The minimum Gasteiger partial charge on any atom is -0.369 e. The molecule has 100 valence electrons. The first-order valence-electron chi connectivity index (χ1n) is 5.57. The molecule has 2 N–H and O–H groups in total. The van der Waals surface area contributed by atoms with Gasteiger partial charge >= 0.3 is 0 Å². The van der Waals surface area contributed by atoms with Crippen LogP contribution < -0.4 is 10.6 Å². The maximum absolute atomic E-state index is 13.4. The van der Waals surface area contributed by atoms with Crippen LogP contribution in [-0.2, 0) is 0 Å². The Labute approximate surface area is 107 Å². The normalized spacial score (nSPS) is 10.3. The molecule has 0 unspecified atom stereocenters. The molecule has 0 saturated heterocycles. The molecule has 0 fully saturated rings. The standard InChI is InChI=1S/C12H11F3N4/c1-2-17-10-5-16-6-11(18-10)19-12-8(14)3-7(13)4-9(12)15/h3-6H,2H2,1H3,(H2,17,18,19). The van der Waals surface area contributed by atoms with Crippen LogP contribution in [0.1, 0.15) is 6.92 Å². The molecule has 1 aromatic heterocycles. The van der Waals surface area contributed by atoms with E-state index in [9.17, 15) is 13.2 Å². The van der Waals surface area contributed by atoms with Gasteiger partial charge in [0, 0.05) is 18.7 Å².